The third-order valence-corrected chi connectivity index (χ3v) is 1.67. The lowest BCUT2D eigenvalue weighted by atomic mass is 10.4. The van der Waals surface area contributed by atoms with Gasteiger partial charge < -0.3 is 25.0 Å². The molecule has 2 heterocycles. The van der Waals surface area contributed by atoms with E-state index in [9.17, 15) is 20.2 Å². The fraction of sp³-hybridized carbons (Fsp3) is 0.200. The number of aromatic nitrogens is 4. The summed E-state index contributed by atoms with van der Waals surface area (Å²) >= 11 is 0. The lowest BCUT2D eigenvalue weighted by Crippen LogP contribution is -2.02. The van der Waals surface area contributed by atoms with Crippen LogP contribution in [-0.4, -0.2) is 30.5 Å². The molecule has 2 aromatic rings. The van der Waals surface area contributed by atoms with Crippen LogP contribution in [0.3, 0.4) is 0 Å². The molecule has 94 valence electrons. The predicted octanol–water partition coefficient (Wildman–Crippen LogP) is -0.152. The van der Waals surface area contributed by atoms with E-state index in [1.54, 1.807) is 0 Å². The van der Waals surface area contributed by atoms with Crippen molar-refractivity contribution < 1.29 is 23.8 Å². The summed E-state index contributed by atoms with van der Waals surface area (Å²) in [6.45, 7) is -0.505. The summed E-state index contributed by atoms with van der Waals surface area (Å²) in [6, 6.07) is 0. The van der Waals surface area contributed by atoms with Crippen LogP contribution in [0.25, 0.3) is 0 Å². The highest BCUT2D eigenvalue weighted by Crippen LogP contribution is 2.23. The van der Waals surface area contributed by atoms with Crippen molar-refractivity contribution in [2.24, 2.45) is 0 Å². The first-order chi connectivity index (χ1) is 8.59. The molecule has 0 aliphatic heterocycles. The normalized spacial score (nSPS) is 10.2. The van der Waals surface area contributed by atoms with Gasteiger partial charge in [0.15, 0.2) is 10.3 Å². The van der Waals surface area contributed by atoms with Crippen LogP contribution in [-0.2, 0) is 6.61 Å². The molecule has 0 fully saturated rings. The van der Waals surface area contributed by atoms with Crippen molar-refractivity contribution in [2.45, 2.75) is 6.61 Å². The standard InChI is InChI=1S/C5H2N6O7/c12-10(13)3-2(6-17-7-3)1-16-5-4(11(14)15)8-18-9-5/h1H2. The third-order valence-electron chi connectivity index (χ3n) is 1.67. The highest BCUT2D eigenvalue weighted by atomic mass is 16.7. The Morgan fingerprint density at radius 1 is 1.00 bits per heavy atom. The highest BCUT2D eigenvalue weighted by molar-refractivity contribution is 5.30. The summed E-state index contributed by atoms with van der Waals surface area (Å²) in [5.41, 5.74) is -0.253. The van der Waals surface area contributed by atoms with E-state index < -0.39 is 34.0 Å². The quantitative estimate of drug-likeness (QED) is 0.514. The lowest BCUT2D eigenvalue weighted by molar-refractivity contribution is -0.392. The predicted molar refractivity (Wildman–Crippen MR) is 46.2 cm³/mol. The summed E-state index contributed by atoms with van der Waals surface area (Å²) in [6.07, 6.45) is 0. The van der Waals surface area contributed by atoms with Gasteiger partial charge in [-0.2, -0.15) is 0 Å². The Morgan fingerprint density at radius 3 is 2.28 bits per heavy atom. The maximum Gasteiger partial charge on any atom is 0.478 e. The van der Waals surface area contributed by atoms with Gasteiger partial charge in [0.2, 0.25) is 5.69 Å². The molecule has 13 heteroatoms. The van der Waals surface area contributed by atoms with Crippen molar-refractivity contribution in [1.29, 1.82) is 0 Å². The van der Waals surface area contributed by atoms with E-state index >= 15 is 0 Å². The minimum Gasteiger partial charge on any atom is -0.462 e. The number of hydrogen-bond donors (Lipinski definition) is 0. The summed E-state index contributed by atoms with van der Waals surface area (Å²) in [5.74, 6) is -1.94. The van der Waals surface area contributed by atoms with Gasteiger partial charge in [-0.1, -0.05) is 0 Å². The van der Waals surface area contributed by atoms with Gasteiger partial charge >= 0.3 is 17.5 Å². The van der Waals surface area contributed by atoms with Crippen LogP contribution in [0.15, 0.2) is 9.26 Å². The van der Waals surface area contributed by atoms with Crippen molar-refractivity contribution in [3.8, 4) is 5.88 Å². The van der Waals surface area contributed by atoms with E-state index in [2.05, 4.69) is 29.9 Å². The first-order valence-electron chi connectivity index (χ1n) is 4.15. The van der Waals surface area contributed by atoms with E-state index in [0.29, 0.717) is 0 Å². The molecule has 13 nitrogen and oxygen atoms in total. The van der Waals surface area contributed by atoms with Crippen LogP contribution in [0.5, 0.6) is 5.88 Å². The molecule has 0 amide bonds. The molecule has 0 atom stereocenters. The van der Waals surface area contributed by atoms with Gasteiger partial charge in [0, 0.05) is 5.16 Å². The highest BCUT2D eigenvalue weighted by Gasteiger charge is 2.27. The summed E-state index contributed by atoms with van der Waals surface area (Å²) in [5, 5.41) is 33.2. The Balaban J connectivity index is 2.12. The zero-order chi connectivity index (χ0) is 13.1. The van der Waals surface area contributed by atoms with Crippen molar-refractivity contribution >= 4 is 11.6 Å². The number of nitrogens with zero attached hydrogens (tertiary/aromatic N) is 6. The second-order valence-electron chi connectivity index (χ2n) is 2.73. The molecular weight excluding hydrogens is 256 g/mol. The van der Waals surface area contributed by atoms with E-state index in [-0.39, 0.29) is 5.69 Å². The molecule has 0 radical (unpaired) electrons. The molecule has 18 heavy (non-hydrogen) atoms. The van der Waals surface area contributed by atoms with Gasteiger partial charge in [0.25, 0.3) is 0 Å². The molecule has 0 aliphatic carbocycles. The van der Waals surface area contributed by atoms with Crippen molar-refractivity contribution in [3.05, 3.63) is 25.9 Å². The Hall–Kier alpha value is -3.12. The van der Waals surface area contributed by atoms with Crippen LogP contribution in [0.4, 0.5) is 11.6 Å². The largest absolute Gasteiger partial charge is 0.478 e. The maximum atomic E-state index is 10.5. The molecule has 0 aromatic carbocycles. The zero-order valence-corrected chi connectivity index (χ0v) is 8.25. The van der Waals surface area contributed by atoms with Gasteiger partial charge in [0.1, 0.15) is 6.61 Å². The molecule has 0 unspecified atom stereocenters. The molecule has 0 saturated carbocycles. The number of nitro groups is 2. The molecule has 0 N–H and O–H groups in total. The second kappa shape index (κ2) is 4.40. The van der Waals surface area contributed by atoms with E-state index in [1.807, 2.05) is 0 Å². The minimum atomic E-state index is -0.888. The van der Waals surface area contributed by atoms with Crippen LogP contribution in [0.1, 0.15) is 5.69 Å². The SMILES string of the molecule is O=[N+]([O-])c1nonc1COc1nonc1[N+](=O)[O-]. The van der Waals surface area contributed by atoms with E-state index in [0.717, 1.165) is 0 Å². The molecule has 0 aliphatic rings. The lowest BCUT2D eigenvalue weighted by Gasteiger charge is -1.96. The van der Waals surface area contributed by atoms with Crippen LogP contribution in [0.2, 0.25) is 0 Å². The van der Waals surface area contributed by atoms with Gasteiger partial charge in [-0.3, -0.25) is 0 Å². The van der Waals surface area contributed by atoms with Gasteiger partial charge in [-0.15, -0.1) is 9.26 Å². The number of hydrogen-bond acceptors (Lipinski definition) is 11. The fourth-order valence-corrected chi connectivity index (χ4v) is 0.947. The molecule has 2 rings (SSSR count). The molecule has 2 aromatic heterocycles. The van der Waals surface area contributed by atoms with Crippen molar-refractivity contribution in [1.82, 2.24) is 20.6 Å². The summed E-state index contributed by atoms with van der Waals surface area (Å²) in [7, 11) is 0. The smallest absolute Gasteiger partial charge is 0.462 e. The van der Waals surface area contributed by atoms with Crippen LogP contribution < -0.4 is 4.74 Å². The maximum absolute atomic E-state index is 10.5. The van der Waals surface area contributed by atoms with Crippen molar-refractivity contribution in [2.75, 3.05) is 0 Å². The number of ether oxygens (including phenoxy) is 1. The average Bonchev–Trinajstić information content (AvgIpc) is 2.94. The monoisotopic (exact) mass is 258 g/mol. The summed E-state index contributed by atoms with van der Waals surface area (Å²) < 4.78 is 13.0. The van der Waals surface area contributed by atoms with Gasteiger partial charge in [-0.25, -0.2) is 0 Å². The molecule has 0 saturated heterocycles. The second-order valence-corrected chi connectivity index (χ2v) is 2.73. The van der Waals surface area contributed by atoms with Crippen LogP contribution >= 0.6 is 0 Å². The average molecular weight is 258 g/mol. The molecule has 0 bridgehead atoms. The number of rotatable bonds is 5. The molecular formula is C5H2N6O7. The first-order valence-corrected chi connectivity index (χ1v) is 4.15. The van der Waals surface area contributed by atoms with E-state index in [1.165, 1.54) is 0 Å². The Morgan fingerprint density at radius 2 is 1.61 bits per heavy atom. The fourth-order valence-electron chi connectivity index (χ4n) is 0.947. The minimum absolute atomic E-state index is 0.253. The first kappa shape index (κ1) is 11.4. The van der Waals surface area contributed by atoms with Gasteiger partial charge in [0.05, 0.1) is 0 Å². The zero-order valence-electron chi connectivity index (χ0n) is 8.25. The van der Waals surface area contributed by atoms with E-state index in [4.69, 9.17) is 4.74 Å². The third kappa shape index (κ3) is 2.04. The summed E-state index contributed by atoms with van der Waals surface area (Å²) in [4.78, 5) is 19.1. The Bertz CT molecular complexity index is 536. The topological polar surface area (TPSA) is 173 Å². The van der Waals surface area contributed by atoms with Crippen LogP contribution in [0, 0.1) is 20.2 Å². The molecule has 0 spiro atoms. The Labute approximate surface area is 95.5 Å². The van der Waals surface area contributed by atoms with Crippen molar-refractivity contribution in [3.63, 3.8) is 0 Å². The van der Waals surface area contributed by atoms with Gasteiger partial charge in [-0.05, 0) is 15.0 Å². The Kier molecular flexibility index (Phi) is 2.78.